The predicted molar refractivity (Wildman–Crippen MR) is 236 cm³/mol. The third-order valence-corrected chi connectivity index (χ3v) is 12.2. The fraction of sp³-hybridized carbons (Fsp3) is 0.0769. The van der Waals surface area contributed by atoms with Gasteiger partial charge in [0, 0.05) is 16.0 Å². The van der Waals surface area contributed by atoms with Gasteiger partial charge in [-0.25, -0.2) is 0 Å². The summed E-state index contributed by atoms with van der Waals surface area (Å²) >= 11 is 6.47. The molecule has 0 saturated carbocycles. The lowest BCUT2D eigenvalue weighted by Gasteiger charge is -2.29. The van der Waals surface area contributed by atoms with E-state index >= 15 is 0 Å². The summed E-state index contributed by atoms with van der Waals surface area (Å²) in [7, 11) is 1.72. The van der Waals surface area contributed by atoms with Gasteiger partial charge in [0.25, 0.3) is 0 Å². The Labute approximate surface area is 327 Å². The Morgan fingerprint density at radius 3 is 1.82 bits per heavy atom. The van der Waals surface area contributed by atoms with E-state index in [1.165, 1.54) is 82.1 Å². The number of rotatable bonds is 6. The van der Waals surface area contributed by atoms with Gasteiger partial charge < -0.3 is 4.74 Å². The molecule has 55 heavy (non-hydrogen) atoms. The van der Waals surface area contributed by atoms with Crippen LogP contribution in [0.1, 0.15) is 25.0 Å². The van der Waals surface area contributed by atoms with Crippen LogP contribution in [-0.4, -0.2) is 13.8 Å². The van der Waals surface area contributed by atoms with Crippen molar-refractivity contribution in [3.63, 3.8) is 0 Å². The van der Waals surface area contributed by atoms with Crippen LogP contribution in [-0.2, 0) is 5.41 Å². The molecule has 0 amide bonds. The van der Waals surface area contributed by atoms with Gasteiger partial charge in [-0.1, -0.05) is 193 Å². The van der Waals surface area contributed by atoms with Crippen molar-refractivity contribution in [3.8, 4) is 39.1 Å². The Hall–Kier alpha value is -6.09. The van der Waals surface area contributed by atoms with Crippen LogP contribution in [0.2, 0.25) is 5.02 Å². The fourth-order valence-corrected chi connectivity index (χ4v) is 9.75. The predicted octanol–water partition coefficient (Wildman–Crippen LogP) is 12.0. The molecular formula is C52H38BClO. The molecule has 0 spiro atoms. The second-order valence-corrected chi connectivity index (χ2v) is 15.7. The van der Waals surface area contributed by atoms with Gasteiger partial charge >= 0.3 is 0 Å². The van der Waals surface area contributed by atoms with Crippen LogP contribution in [0.25, 0.3) is 65.7 Å². The van der Waals surface area contributed by atoms with E-state index in [1.807, 2.05) is 12.1 Å². The van der Waals surface area contributed by atoms with Crippen molar-refractivity contribution in [2.75, 3.05) is 7.11 Å². The lowest BCUT2D eigenvalue weighted by atomic mass is 9.34. The van der Waals surface area contributed by atoms with Crippen LogP contribution < -0.4 is 21.1 Å². The highest BCUT2D eigenvalue weighted by Gasteiger charge is 2.40. The van der Waals surface area contributed by atoms with Gasteiger partial charge in [-0.2, -0.15) is 0 Å². The molecular weight excluding hydrogens is 687 g/mol. The largest absolute Gasteiger partial charge is 0.496 e. The molecule has 10 rings (SSSR count). The Kier molecular flexibility index (Phi) is 7.94. The number of fused-ring (bicyclic) bond motifs is 8. The molecule has 1 aliphatic rings. The molecule has 3 heteroatoms. The summed E-state index contributed by atoms with van der Waals surface area (Å²) in [5, 5.41) is 7.96. The molecule has 0 heterocycles. The first-order valence-electron chi connectivity index (χ1n) is 19.0. The van der Waals surface area contributed by atoms with E-state index in [0.29, 0.717) is 5.02 Å². The summed E-state index contributed by atoms with van der Waals surface area (Å²) in [4.78, 5) is 0. The smallest absolute Gasteiger partial charge is 0.243 e. The first-order chi connectivity index (χ1) is 26.9. The van der Waals surface area contributed by atoms with E-state index in [2.05, 4.69) is 178 Å². The average Bonchev–Trinajstić information content (AvgIpc) is 3.47. The van der Waals surface area contributed by atoms with Crippen LogP contribution in [0.15, 0.2) is 176 Å². The van der Waals surface area contributed by atoms with Crippen molar-refractivity contribution in [1.29, 1.82) is 0 Å². The molecule has 0 saturated heterocycles. The zero-order chi connectivity index (χ0) is 37.3. The van der Waals surface area contributed by atoms with Gasteiger partial charge in [-0.3, -0.25) is 0 Å². The first-order valence-corrected chi connectivity index (χ1v) is 19.4. The van der Waals surface area contributed by atoms with Crippen molar-refractivity contribution in [2.24, 2.45) is 0 Å². The summed E-state index contributed by atoms with van der Waals surface area (Å²) in [6, 6.07) is 64.5. The molecule has 0 fully saturated rings. The number of hydrogen-bond acceptors (Lipinski definition) is 1. The van der Waals surface area contributed by atoms with Crippen LogP contribution in [0, 0.1) is 0 Å². The van der Waals surface area contributed by atoms with E-state index in [1.54, 1.807) is 7.11 Å². The molecule has 1 aliphatic carbocycles. The minimum atomic E-state index is -0.186. The zero-order valence-electron chi connectivity index (χ0n) is 31.1. The summed E-state index contributed by atoms with van der Waals surface area (Å²) in [5.74, 6) is 0.761. The summed E-state index contributed by atoms with van der Waals surface area (Å²) in [6.45, 7) is 4.74. The summed E-state index contributed by atoms with van der Waals surface area (Å²) in [6.07, 6.45) is 0. The van der Waals surface area contributed by atoms with Gasteiger partial charge in [0.15, 0.2) is 0 Å². The lowest BCUT2D eigenvalue weighted by molar-refractivity contribution is 0.416. The summed E-state index contributed by atoms with van der Waals surface area (Å²) in [5.41, 5.74) is 13.8. The molecule has 0 bridgehead atoms. The minimum Gasteiger partial charge on any atom is -0.496 e. The maximum atomic E-state index is 6.47. The van der Waals surface area contributed by atoms with E-state index in [4.69, 9.17) is 16.3 Å². The SMILES string of the molecule is COc1cc(Cl)ccc1-c1cc2c3ccccc3c(B(c3ccccc3-c3ccccc3)c3cccc4c3C(C)(C)c3ccccc3-4)cc2c2ccccc12. The Morgan fingerprint density at radius 1 is 0.436 bits per heavy atom. The number of methoxy groups -OCH3 is 1. The fourth-order valence-electron chi connectivity index (χ4n) is 9.59. The standard InChI is InChI=1S/C52H38BClO/c1-52(2)46-25-13-11-22-39(46)42-24-15-27-48(51(42)52)53(47-26-14-12-18-35(47)33-16-5-4-6-17-33)49-32-45-37-20-8-7-19-36(37)43(41-29-28-34(54)30-50(41)55-3)31-44(45)38-21-9-10-23-40(38)49/h4-32H,1-3H3. The van der Waals surface area contributed by atoms with E-state index in [9.17, 15) is 0 Å². The molecule has 0 aromatic heterocycles. The van der Waals surface area contributed by atoms with Crippen LogP contribution in [0.3, 0.4) is 0 Å². The van der Waals surface area contributed by atoms with Crippen molar-refractivity contribution in [3.05, 3.63) is 192 Å². The van der Waals surface area contributed by atoms with Gasteiger partial charge in [-0.15, -0.1) is 0 Å². The summed E-state index contributed by atoms with van der Waals surface area (Å²) < 4.78 is 5.92. The van der Waals surface area contributed by atoms with Crippen LogP contribution >= 0.6 is 11.6 Å². The van der Waals surface area contributed by atoms with Crippen LogP contribution in [0.5, 0.6) is 5.75 Å². The topological polar surface area (TPSA) is 9.23 Å². The molecule has 0 radical (unpaired) electrons. The normalized spacial score (nSPS) is 12.9. The van der Waals surface area contributed by atoms with Gasteiger partial charge in [0.1, 0.15) is 5.75 Å². The quantitative estimate of drug-likeness (QED) is 0.123. The van der Waals surface area contributed by atoms with Crippen molar-refractivity contribution < 1.29 is 4.74 Å². The van der Waals surface area contributed by atoms with Crippen LogP contribution in [0.4, 0.5) is 0 Å². The lowest BCUT2D eigenvalue weighted by Crippen LogP contribution is -2.55. The van der Waals surface area contributed by atoms with Crippen molar-refractivity contribution in [1.82, 2.24) is 0 Å². The van der Waals surface area contributed by atoms with Gasteiger partial charge in [0.2, 0.25) is 6.71 Å². The zero-order valence-corrected chi connectivity index (χ0v) is 31.9. The van der Waals surface area contributed by atoms with Gasteiger partial charge in [-0.05, 0) is 95.5 Å². The minimum absolute atomic E-state index is 0.0657. The Morgan fingerprint density at radius 2 is 1.04 bits per heavy atom. The van der Waals surface area contributed by atoms with E-state index in [-0.39, 0.29) is 12.1 Å². The number of ether oxygens (including phenoxy) is 1. The molecule has 9 aromatic rings. The highest BCUT2D eigenvalue weighted by molar-refractivity contribution is 6.98. The third kappa shape index (κ3) is 5.23. The van der Waals surface area contributed by atoms with Gasteiger partial charge in [0.05, 0.1) is 7.11 Å². The number of halogens is 1. The average molecular weight is 725 g/mol. The molecule has 9 aromatic carbocycles. The molecule has 0 unspecified atom stereocenters. The highest BCUT2D eigenvalue weighted by Crippen LogP contribution is 2.48. The number of benzene rings is 9. The highest BCUT2D eigenvalue weighted by atomic mass is 35.5. The molecule has 0 N–H and O–H groups in total. The van der Waals surface area contributed by atoms with Crippen molar-refractivity contribution >= 4 is 67.0 Å². The van der Waals surface area contributed by atoms with E-state index < -0.39 is 0 Å². The molecule has 0 aliphatic heterocycles. The third-order valence-electron chi connectivity index (χ3n) is 12.0. The maximum Gasteiger partial charge on any atom is 0.243 e. The molecule has 1 nitrogen and oxygen atoms in total. The second kappa shape index (κ2) is 13.0. The monoisotopic (exact) mass is 724 g/mol. The first kappa shape index (κ1) is 33.5. The maximum absolute atomic E-state index is 6.47. The van der Waals surface area contributed by atoms with E-state index in [0.717, 1.165) is 16.9 Å². The Bertz CT molecular complexity index is 2960. The molecule has 0 atom stereocenters. The molecule has 262 valence electrons. The second-order valence-electron chi connectivity index (χ2n) is 15.2. The number of hydrogen-bond donors (Lipinski definition) is 0. The van der Waals surface area contributed by atoms with Crippen molar-refractivity contribution in [2.45, 2.75) is 19.3 Å². The Balaban J connectivity index is 1.34.